The second-order valence-corrected chi connectivity index (χ2v) is 26.8. The molecule has 60 heavy (non-hydrogen) atoms. The van der Waals surface area contributed by atoms with Crippen LogP contribution in [0.5, 0.6) is 0 Å². The normalized spacial score (nSPS) is 19.0. The fraction of sp³-hybridized carbons (Fsp3) is 0.444. The van der Waals surface area contributed by atoms with E-state index < -0.39 is 8.07 Å². The summed E-state index contributed by atoms with van der Waals surface area (Å²) in [6.45, 7) is 28.7. The van der Waals surface area contributed by atoms with E-state index in [1.807, 2.05) is 0 Å². The molecule has 1 saturated carbocycles. The highest BCUT2D eigenvalue weighted by atomic mass is 28.3. The Morgan fingerprint density at radius 1 is 0.933 bits per heavy atom. The van der Waals surface area contributed by atoms with Crippen molar-refractivity contribution in [1.82, 2.24) is 4.98 Å². The molecule has 3 atom stereocenters. The number of fused-ring (bicyclic) bond motifs is 13. The molecule has 4 aromatic heterocycles. The lowest BCUT2D eigenvalue weighted by Gasteiger charge is -2.32. The minimum atomic E-state index is -1.78. The van der Waals surface area contributed by atoms with Crippen molar-refractivity contribution in [2.24, 2.45) is 10.8 Å². The van der Waals surface area contributed by atoms with E-state index in [0.717, 1.165) is 63.8 Å². The Bertz CT molecular complexity index is 2740. The van der Waals surface area contributed by atoms with Crippen LogP contribution in [0, 0.1) is 22.2 Å². The SMILES string of the molecule is C=C1C2C(CCc3cc(C#N)c4c(oc5nc(C(C)C(C)(C)C)ccc54)c3-c3cc(C4CCCCC4)cc[n+]31)c1ccccc1-c1cc(CC(C)(C)C)c([Si](C)(C)C)c[n+]12. The predicted molar refractivity (Wildman–Crippen MR) is 249 cm³/mol. The van der Waals surface area contributed by atoms with Crippen LogP contribution < -0.4 is 14.3 Å². The first-order valence-electron chi connectivity index (χ1n) is 22.6. The molecule has 3 aliphatic rings. The Labute approximate surface area is 359 Å². The molecule has 0 amide bonds. The molecule has 0 radical (unpaired) electrons. The predicted octanol–water partition coefficient (Wildman–Crippen LogP) is 12.8. The summed E-state index contributed by atoms with van der Waals surface area (Å²) in [7, 11) is -1.78. The molecule has 2 aromatic carbocycles. The summed E-state index contributed by atoms with van der Waals surface area (Å²) in [5, 5.41) is 14.2. The summed E-state index contributed by atoms with van der Waals surface area (Å²) in [4.78, 5) is 5.19. The van der Waals surface area contributed by atoms with Crippen molar-refractivity contribution in [2.45, 2.75) is 143 Å². The lowest BCUT2D eigenvalue weighted by atomic mass is 9.78. The number of nitrogens with zero attached hydrogens (tertiary/aromatic N) is 4. The number of allylic oxidation sites excluding steroid dienone is 1. The number of hydrogen-bond donors (Lipinski definition) is 0. The molecular weight excluding hydrogens is 749 g/mol. The van der Waals surface area contributed by atoms with Crippen LogP contribution in [0.2, 0.25) is 19.6 Å². The van der Waals surface area contributed by atoms with E-state index in [1.54, 1.807) is 0 Å². The van der Waals surface area contributed by atoms with Crippen molar-refractivity contribution < 1.29 is 13.6 Å². The third kappa shape index (κ3) is 6.95. The zero-order valence-electron chi connectivity index (χ0n) is 37.8. The highest BCUT2D eigenvalue weighted by molar-refractivity contribution is 6.89. The van der Waals surface area contributed by atoms with Gasteiger partial charge in [-0.1, -0.05) is 106 Å². The van der Waals surface area contributed by atoms with E-state index >= 15 is 0 Å². The van der Waals surface area contributed by atoms with E-state index in [4.69, 9.17) is 16.0 Å². The summed E-state index contributed by atoms with van der Waals surface area (Å²) < 4.78 is 12.1. The fourth-order valence-electron chi connectivity index (χ4n) is 10.8. The van der Waals surface area contributed by atoms with Gasteiger partial charge in [0.15, 0.2) is 18.0 Å². The Kier molecular flexibility index (Phi) is 9.90. The average Bonchev–Trinajstić information content (AvgIpc) is 3.60. The molecule has 6 heteroatoms. The van der Waals surface area contributed by atoms with Crippen LogP contribution in [0.15, 0.2) is 84.1 Å². The largest absolute Gasteiger partial charge is 0.437 e. The van der Waals surface area contributed by atoms with Crippen LogP contribution in [0.4, 0.5) is 0 Å². The molecule has 5 nitrogen and oxygen atoms in total. The average molecular weight is 813 g/mol. The lowest BCUT2D eigenvalue weighted by molar-refractivity contribution is -0.726. The van der Waals surface area contributed by atoms with E-state index in [1.165, 1.54) is 65.2 Å². The highest BCUT2D eigenvalue weighted by Gasteiger charge is 2.48. The van der Waals surface area contributed by atoms with Crippen LogP contribution in [-0.2, 0) is 12.8 Å². The first-order chi connectivity index (χ1) is 28.4. The minimum Gasteiger partial charge on any atom is -0.437 e. The Morgan fingerprint density at radius 3 is 2.38 bits per heavy atom. The van der Waals surface area contributed by atoms with Gasteiger partial charge in [0.25, 0.3) is 0 Å². The summed E-state index contributed by atoms with van der Waals surface area (Å²) in [6.07, 6.45) is 13.9. The highest BCUT2D eigenvalue weighted by Crippen LogP contribution is 2.48. The van der Waals surface area contributed by atoms with Gasteiger partial charge in [0.2, 0.25) is 28.8 Å². The van der Waals surface area contributed by atoms with Crippen molar-refractivity contribution in [3.05, 3.63) is 113 Å². The summed E-state index contributed by atoms with van der Waals surface area (Å²) in [5.41, 5.74) is 14.5. The van der Waals surface area contributed by atoms with Gasteiger partial charge in [-0.2, -0.15) is 14.4 Å². The maximum absolute atomic E-state index is 10.9. The number of hydrogen-bond acceptors (Lipinski definition) is 3. The zero-order valence-corrected chi connectivity index (χ0v) is 38.8. The number of rotatable bonds is 4. The maximum atomic E-state index is 10.9. The molecule has 0 spiro atoms. The molecule has 3 unspecified atom stereocenters. The maximum Gasteiger partial charge on any atom is 0.249 e. The zero-order chi connectivity index (χ0) is 42.5. The van der Waals surface area contributed by atoms with E-state index in [9.17, 15) is 5.26 Å². The van der Waals surface area contributed by atoms with E-state index in [2.05, 4.69) is 156 Å². The van der Waals surface area contributed by atoms with Gasteiger partial charge >= 0.3 is 0 Å². The monoisotopic (exact) mass is 812 g/mol. The quantitative estimate of drug-likeness (QED) is 0.132. The Balaban J connectivity index is 1.33. The number of aromatic nitrogens is 3. The van der Waals surface area contributed by atoms with Gasteiger partial charge in [0.05, 0.1) is 31.2 Å². The summed E-state index contributed by atoms with van der Waals surface area (Å²) in [5.74, 6) is 0.912. The minimum absolute atomic E-state index is 0.0167. The van der Waals surface area contributed by atoms with Crippen molar-refractivity contribution in [3.8, 4) is 28.6 Å². The van der Waals surface area contributed by atoms with Crippen molar-refractivity contribution >= 4 is 41.0 Å². The number of nitriles is 1. The lowest BCUT2D eigenvalue weighted by Crippen LogP contribution is -2.57. The fourth-order valence-corrected chi connectivity index (χ4v) is 12.5. The molecule has 1 aliphatic carbocycles. The number of benzene rings is 2. The van der Waals surface area contributed by atoms with Gasteiger partial charge in [-0.05, 0) is 102 Å². The van der Waals surface area contributed by atoms with Crippen LogP contribution in [-0.4, -0.2) is 13.1 Å². The second kappa shape index (κ2) is 14.7. The van der Waals surface area contributed by atoms with Crippen LogP contribution in [0.25, 0.3) is 50.3 Å². The molecule has 0 N–H and O–H groups in total. The van der Waals surface area contributed by atoms with Gasteiger partial charge in [-0.3, -0.25) is 0 Å². The molecule has 9 rings (SSSR count). The first kappa shape index (κ1) is 40.5. The number of aryl methyl sites for hydroxylation is 1. The Morgan fingerprint density at radius 2 is 1.68 bits per heavy atom. The summed E-state index contributed by atoms with van der Waals surface area (Å²) >= 11 is 0. The second-order valence-electron chi connectivity index (χ2n) is 21.8. The van der Waals surface area contributed by atoms with Gasteiger partial charge in [-0.25, -0.2) is 4.98 Å². The van der Waals surface area contributed by atoms with Crippen LogP contribution in [0.3, 0.4) is 0 Å². The molecule has 1 fully saturated rings. The van der Waals surface area contributed by atoms with Gasteiger partial charge < -0.3 is 4.42 Å². The third-order valence-corrected chi connectivity index (χ3v) is 16.4. The first-order valence-corrected chi connectivity index (χ1v) is 26.1. The topological polar surface area (TPSA) is 57.6 Å². The van der Waals surface area contributed by atoms with Gasteiger partial charge in [-0.15, -0.1) is 0 Å². The molecule has 6 aromatic rings. The van der Waals surface area contributed by atoms with Crippen LogP contribution in [0.1, 0.15) is 144 Å². The molecule has 0 saturated heterocycles. The van der Waals surface area contributed by atoms with Gasteiger partial charge in [0.1, 0.15) is 0 Å². The van der Waals surface area contributed by atoms with Crippen LogP contribution >= 0.6 is 0 Å². The Hall–Kier alpha value is -4.86. The van der Waals surface area contributed by atoms with E-state index in [-0.39, 0.29) is 28.7 Å². The smallest absolute Gasteiger partial charge is 0.249 e. The molecular formula is C54H64N4OSi+2. The molecule has 308 valence electrons. The standard InChI is InChI=1S/C54H64N4OSi/c1-33(54(6,7)8)44-24-23-43-48-39(31-55)27-37-21-22-42-40-19-15-16-20-41(40)45-29-38(30-53(3,4)5)47(60(9,10)11)32-58(45)50(42)34(2)57-26-25-36(35-17-13-12-14-18-35)28-46(57)49(37)51(48)59-52(43)56-44/h15-16,19-20,23-29,32-33,35,42,50H,2,12-14,17-18,21-22,30H2,1,3-11H3/q+2. The number of furan rings is 1. The molecule has 2 aliphatic heterocycles. The van der Waals surface area contributed by atoms with Crippen molar-refractivity contribution in [1.29, 1.82) is 5.26 Å². The summed E-state index contributed by atoms with van der Waals surface area (Å²) in [6, 6.07) is 25.6. The third-order valence-electron chi connectivity index (χ3n) is 14.3. The van der Waals surface area contributed by atoms with Crippen molar-refractivity contribution in [3.63, 3.8) is 0 Å². The molecule has 6 heterocycles. The van der Waals surface area contributed by atoms with Crippen molar-refractivity contribution in [2.75, 3.05) is 0 Å². The van der Waals surface area contributed by atoms with Gasteiger partial charge in [0, 0.05) is 51.3 Å². The van der Waals surface area contributed by atoms with E-state index in [0.29, 0.717) is 17.2 Å². The number of pyridine rings is 3. The molecule has 0 bridgehead atoms.